The van der Waals surface area contributed by atoms with Crippen molar-refractivity contribution < 1.29 is 9.59 Å². The number of halogens is 1. The smallest absolute Gasteiger partial charge is 0.239 e. The van der Waals surface area contributed by atoms with Crippen LogP contribution in [-0.4, -0.2) is 49.9 Å². The molecule has 0 spiro atoms. The number of nitrogens with one attached hydrogen (secondary N) is 2. The third-order valence-corrected chi connectivity index (χ3v) is 2.57. The molecule has 6 heteroatoms. The van der Waals surface area contributed by atoms with Gasteiger partial charge in [0.2, 0.25) is 11.8 Å². The Hall–Kier alpha value is -0.810. The van der Waals surface area contributed by atoms with Gasteiger partial charge in [0.1, 0.15) is 0 Å². The highest BCUT2D eigenvalue weighted by atomic mass is 35.5. The minimum atomic E-state index is -0.0491. The van der Waals surface area contributed by atoms with Crippen LogP contribution in [0, 0.1) is 0 Å². The molecule has 0 aromatic rings. The number of carbonyl (C=O) groups is 2. The molecule has 5 nitrogen and oxygen atoms in total. The topological polar surface area (TPSA) is 61.4 Å². The van der Waals surface area contributed by atoms with E-state index >= 15 is 0 Å². The molecule has 1 saturated carbocycles. The molecule has 0 saturated heterocycles. The van der Waals surface area contributed by atoms with Gasteiger partial charge in [-0.05, 0) is 32.9 Å². The number of rotatable bonds is 7. The molecule has 1 aliphatic carbocycles. The fraction of sp³-hybridized carbons (Fsp3) is 0.818. The fourth-order valence-corrected chi connectivity index (χ4v) is 1.41. The van der Waals surface area contributed by atoms with Gasteiger partial charge in [-0.3, -0.25) is 9.59 Å². The average molecular weight is 264 g/mol. The molecule has 0 radical (unpaired) electrons. The van der Waals surface area contributed by atoms with Gasteiger partial charge in [0, 0.05) is 19.5 Å². The maximum Gasteiger partial charge on any atom is 0.239 e. The standard InChI is InChI=1S/C11H21N3O2.ClH/c1-12-7-3-4-11(16)14(2)8-10(15)13-9-5-6-9;/h9,12H,3-8H2,1-2H3,(H,13,15);1H. The number of hydrogen-bond acceptors (Lipinski definition) is 3. The van der Waals surface area contributed by atoms with Gasteiger partial charge in [0.25, 0.3) is 0 Å². The summed E-state index contributed by atoms with van der Waals surface area (Å²) < 4.78 is 0. The summed E-state index contributed by atoms with van der Waals surface area (Å²) in [6.07, 6.45) is 3.45. The van der Waals surface area contributed by atoms with Crippen molar-refractivity contribution in [2.75, 3.05) is 27.2 Å². The minimum absolute atomic E-state index is 0. The van der Waals surface area contributed by atoms with Gasteiger partial charge in [-0.15, -0.1) is 12.4 Å². The van der Waals surface area contributed by atoms with Gasteiger partial charge in [-0.2, -0.15) is 0 Å². The Bertz CT molecular complexity index is 257. The van der Waals surface area contributed by atoms with Crippen LogP contribution in [0.2, 0.25) is 0 Å². The lowest BCUT2D eigenvalue weighted by Gasteiger charge is -2.16. The third-order valence-electron chi connectivity index (χ3n) is 2.57. The highest BCUT2D eigenvalue weighted by molar-refractivity contribution is 5.85. The van der Waals surface area contributed by atoms with Crippen molar-refractivity contribution in [3.63, 3.8) is 0 Å². The number of hydrogen-bond donors (Lipinski definition) is 2. The van der Waals surface area contributed by atoms with Gasteiger partial charge in [0.05, 0.1) is 6.54 Å². The normalized spacial score (nSPS) is 13.8. The first-order chi connectivity index (χ1) is 7.63. The first kappa shape index (κ1) is 16.2. The zero-order valence-electron chi connectivity index (χ0n) is 10.5. The molecule has 1 rings (SSSR count). The van der Waals surface area contributed by atoms with Crippen molar-refractivity contribution in [3.8, 4) is 0 Å². The summed E-state index contributed by atoms with van der Waals surface area (Å²) in [7, 11) is 3.53. The second-order valence-electron chi connectivity index (χ2n) is 4.30. The zero-order chi connectivity index (χ0) is 12.0. The van der Waals surface area contributed by atoms with Gasteiger partial charge >= 0.3 is 0 Å². The summed E-state index contributed by atoms with van der Waals surface area (Å²) in [6.45, 7) is 1.00. The van der Waals surface area contributed by atoms with E-state index in [1.54, 1.807) is 7.05 Å². The summed E-state index contributed by atoms with van der Waals surface area (Å²) in [5.74, 6) is -0.0202. The number of likely N-dealkylation sites (N-methyl/N-ethyl adjacent to an activating group) is 1. The zero-order valence-corrected chi connectivity index (χ0v) is 11.3. The van der Waals surface area contributed by atoms with E-state index in [4.69, 9.17) is 0 Å². The van der Waals surface area contributed by atoms with E-state index in [9.17, 15) is 9.59 Å². The van der Waals surface area contributed by atoms with Gasteiger partial charge < -0.3 is 15.5 Å². The van der Waals surface area contributed by atoms with Crippen molar-refractivity contribution in [3.05, 3.63) is 0 Å². The van der Waals surface area contributed by atoms with E-state index < -0.39 is 0 Å². The molecule has 0 heterocycles. The molecule has 0 aliphatic heterocycles. The second kappa shape index (κ2) is 8.31. The van der Waals surface area contributed by atoms with Crippen LogP contribution >= 0.6 is 12.4 Å². The van der Waals surface area contributed by atoms with Crippen molar-refractivity contribution in [2.45, 2.75) is 31.7 Å². The van der Waals surface area contributed by atoms with Crippen molar-refractivity contribution in [2.24, 2.45) is 0 Å². The summed E-state index contributed by atoms with van der Waals surface area (Å²) in [6, 6.07) is 0.361. The monoisotopic (exact) mass is 263 g/mol. The molecule has 100 valence electrons. The molecule has 1 aliphatic rings. The summed E-state index contributed by atoms with van der Waals surface area (Å²) in [5.41, 5.74) is 0. The van der Waals surface area contributed by atoms with Crippen LogP contribution in [0.1, 0.15) is 25.7 Å². The predicted octanol–water partition coefficient (Wildman–Crippen LogP) is 0.145. The van der Waals surface area contributed by atoms with Crippen LogP contribution in [0.4, 0.5) is 0 Å². The maximum absolute atomic E-state index is 11.6. The highest BCUT2D eigenvalue weighted by Gasteiger charge is 2.24. The lowest BCUT2D eigenvalue weighted by Crippen LogP contribution is -2.39. The molecule has 2 amide bonds. The average Bonchev–Trinajstić information content (AvgIpc) is 3.01. The molecule has 1 fully saturated rings. The van der Waals surface area contributed by atoms with E-state index in [-0.39, 0.29) is 30.8 Å². The molecular weight excluding hydrogens is 242 g/mol. The van der Waals surface area contributed by atoms with Crippen LogP contribution in [0.5, 0.6) is 0 Å². The molecule has 17 heavy (non-hydrogen) atoms. The molecule has 0 aromatic carbocycles. The number of amides is 2. The maximum atomic E-state index is 11.6. The van der Waals surface area contributed by atoms with E-state index in [1.807, 2.05) is 7.05 Å². The molecule has 0 atom stereocenters. The fourth-order valence-electron chi connectivity index (χ4n) is 1.41. The summed E-state index contributed by atoms with van der Waals surface area (Å²) in [4.78, 5) is 24.5. The Labute approximate surface area is 109 Å². The third kappa shape index (κ3) is 7.18. The van der Waals surface area contributed by atoms with Crippen LogP contribution in [0.25, 0.3) is 0 Å². The Morgan fingerprint density at radius 1 is 1.35 bits per heavy atom. The van der Waals surface area contributed by atoms with Gasteiger partial charge in [-0.1, -0.05) is 0 Å². The lowest BCUT2D eigenvalue weighted by atomic mass is 10.3. The summed E-state index contributed by atoms with van der Waals surface area (Å²) >= 11 is 0. The van der Waals surface area contributed by atoms with Crippen molar-refractivity contribution in [1.29, 1.82) is 0 Å². The predicted molar refractivity (Wildman–Crippen MR) is 69.2 cm³/mol. The lowest BCUT2D eigenvalue weighted by molar-refractivity contribution is -0.134. The second-order valence-corrected chi connectivity index (χ2v) is 4.30. The Balaban J connectivity index is 0.00000256. The van der Waals surface area contributed by atoms with Crippen LogP contribution in [0.15, 0.2) is 0 Å². The number of carbonyl (C=O) groups excluding carboxylic acids is 2. The molecule has 0 unspecified atom stereocenters. The Morgan fingerprint density at radius 2 is 2.00 bits per heavy atom. The minimum Gasteiger partial charge on any atom is -0.352 e. The SMILES string of the molecule is CNCCCC(=O)N(C)CC(=O)NC1CC1.Cl. The van der Waals surface area contributed by atoms with E-state index in [2.05, 4.69) is 10.6 Å². The summed E-state index contributed by atoms with van der Waals surface area (Å²) in [5, 5.41) is 5.85. The van der Waals surface area contributed by atoms with Crippen LogP contribution < -0.4 is 10.6 Å². The molecule has 2 N–H and O–H groups in total. The van der Waals surface area contributed by atoms with E-state index in [0.29, 0.717) is 12.5 Å². The molecular formula is C11H22ClN3O2. The molecule has 0 aromatic heterocycles. The van der Waals surface area contributed by atoms with Crippen molar-refractivity contribution in [1.82, 2.24) is 15.5 Å². The van der Waals surface area contributed by atoms with E-state index in [0.717, 1.165) is 25.8 Å². The first-order valence-electron chi connectivity index (χ1n) is 5.81. The van der Waals surface area contributed by atoms with Gasteiger partial charge in [-0.25, -0.2) is 0 Å². The quantitative estimate of drug-likeness (QED) is 0.643. The Kier molecular flexibility index (Phi) is 7.91. The van der Waals surface area contributed by atoms with Gasteiger partial charge in [0.15, 0.2) is 0 Å². The first-order valence-corrected chi connectivity index (χ1v) is 5.81. The van der Waals surface area contributed by atoms with Crippen LogP contribution in [-0.2, 0) is 9.59 Å². The van der Waals surface area contributed by atoms with Crippen molar-refractivity contribution >= 4 is 24.2 Å². The largest absolute Gasteiger partial charge is 0.352 e. The Morgan fingerprint density at radius 3 is 2.53 bits per heavy atom. The number of nitrogens with zero attached hydrogens (tertiary/aromatic N) is 1. The van der Waals surface area contributed by atoms with Crippen LogP contribution in [0.3, 0.4) is 0 Å². The molecule has 0 bridgehead atoms. The van der Waals surface area contributed by atoms with E-state index in [1.165, 1.54) is 4.90 Å². The highest BCUT2D eigenvalue weighted by Crippen LogP contribution is 2.18.